The molecule has 2 aliphatic rings. The summed E-state index contributed by atoms with van der Waals surface area (Å²) in [6.07, 6.45) is 26.2. The van der Waals surface area contributed by atoms with Gasteiger partial charge in [0.1, 0.15) is 0 Å². The standard InChI is InChI=1S/2C9H13.C3H6.2ClH.Hf/c2*1-2-3-6-9-7-4-5-8-9;1-3-2;;;/h2*7-8H,2-4,6H2,1H3;1H,3H2,2H3;2*1H;/q2*-1;;;;+2/p-2. The van der Waals surface area contributed by atoms with Gasteiger partial charge in [-0.15, -0.1) is 12.8 Å². The van der Waals surface area contributed by atoms with Crippen molar-refractivity contribution in [2.24, 2.45) is 0 Å². The molecule has 0 aliphatic heterocycles. The average molecular weight is 534 g/mol. The Labute approximate surface area is 177 Å². The van der Waals surface area contributed by atoms with E-state index in [1.165, 1.54) is 80.0 Å². The number of hydrogen-bond donors (Lipinski definition) is 0. The maximum absolute atomic E-state index is 3.16. The van der Waals surface area contributed by atoms with Crippen molar-refractivity contribution < 1.29 is 48.7 Å². The van der Waals surface area contributed by atoms with Crippen LogP contribution >= 0.6 is 0 Å². The maximum Gasteiger partial charge on any atom is -1.00 e. The molecule has 0 aromatic carbocycles. The van der Waals surface area contributed by atoms with E-state index in [0.717, 1.165) is 12.8 Å². The summed E-state index contributed by atoms with van der Waals surface area (Å²) in [5.74, 6) is 0. The van der Waals surface area contributed by atoms with Crippen molar-refractivity contribution in [2.45, 2.75) is 78.6 Å². The minimum atomic E-state index is 0. The zero-order valence-corrected chi connectivity index (χ0v) is 20.6. The number of rotatable bonds is 7. The van der Waals surface area contributed by atoms with Gasteiger partial charge < -0.3 is 24.8 Å². The van der Waals surface area contributed by atoms with Gasteiger partial charge in [0.2, 0.25) is 0 Å². The molecule has 136 valence electrons. The van der Waals surface area contributed by atoms with Crippen molar-refractivity contribution in [1.29, 1.82) is 0 Å². The van der Waals surface area contributed by atoms with Crippen LogP contribution in [0.4, 0.5) is 0 Å². The number of allylic oxidation sites excluding steroid dienone is 8. The van der Waals surface area contributed by atoms with Gasteiger partial charge in [-0.1, -0.05) is 52.4 Å². The SMILES string of the molecule is CCCCC1=CC[C-]=C1.CCCCC1=CC[C-]=C1.CC[CH]=[Hf+2].[Cl-].[Cl-]. The molecule has 0 aromatic rings. The average Bonchev–Trinajstić information content (AvgIpc) is 3.25. The molecule has 0 amide bonds. The van der Waals surface area contributed by atoms with Crippen molar-refractivity contribution in [3.8, 4) is 0 Å². The molecule has 0 atom stereocenters. The van der Waals surface area contributed by atoms with E-state index in [4.69, 9.17) is 0 Å². The Morgan fingerprint density at radius 2 is 1.25 bits per heavy atom. The Kier molecular flexibility index (Phi) is 28.2. The van der Waals surface area contributed by atoms with Crippen LogP contribution in [0.1, 0.15) is 78.6 Å². The Bertz CT molecular complexity index is 359. The second-order valence-electron chi connectivity index (χ2n) is 5.48. The van der Waals surface area contributed by atoms with Crippen molar-refractivity contribution in [3.05, 3.63) is 47.6 Å². The number of halogens is 2. The van der Waals surface area contributed by atoms with E-state index in [1.54, 1.807) is 0 Å². The van der Waals surface area contributed by atoms with Crippen LogP contribution in [0.3, 0.4) is 0 Å². The zero-order valence-electron chi connectivity index (χ0n) is 15.5. The van der Waals surface area contributed by atoms with Crippen LogP contribution < -0.4 is 24.8 Å². The molecule has 0 N–H and O–H groups in total. The van der Waals surface area contributed by atoms with Gasteiger partial charge in [-0.3, -0.25) is 12.2 Å². The van der Waals surface area contributed by atoms with Crippen molar-refractivity contribution in [2.75, 3.05) is 0 Å². The summed E-state index contributed by atoms with van der Waals surface area (Å²) in [6, 6.07) is 0. The monoisotopic (exact) mass is 534 g/mol. The summed E-state index contributed by atoms with van der Waals surface area (Å²) in [4.78, 5) is 0. The predicted molar refractivity (Wildman–Crippen MR) is 96.4 cm³/mol. The first-order chi connectivity index (χ1) is 10.8. The van der Waals surface area contributed by atoms with E-state index < -0.39 is 0 Å². The Morgan fingerprint density at radius 1 is 0.875 bits per heavy atom. The van der Waals surface area contributed by atoms with E-state index in [9.17, 15) is 0 Å². The normalized spacial score (nSPS) is 13.4. The van der Waals surface area contributed by atoms with Gasteiger partial charge in [-0.25, -0.2) is 23.3 Å². The summed E-state index contributed by atoms with van der Waals surface area (Å²) < 4.78 is 2.26. The van der Waals surface area contributed by atoms with Gasteiger partial charge in [0.05, 0.1) is 0 Å². The predicted octanol–water partition coefficient (Wildman–Crippen LogP) is 0.486. The van der Waals surface area contributed by atoms with E-state index in [2.05, 4.69) is 61.0 Å². The van der Waals surface area contributed by atoms with Crippen molar-refractivity contribution >= 4 is 3.76 Å². The molecule has 0 unspecified atom stereocenters. The van der Waals surface area contributed by atoms with E-state index in [0.29, 0.717) is 0 Å². The van der Waals surface area contributed by atoms with E-state index in [1.807, 2.05) is 0 Å². The van der Waals surface area contributed by atoms with E-state index >= 15 is 0 Å². The quantitative estimate of drug-likeness (QED) is 0.330. The summed E-state index contributed by atoms with van der Waals surface area (Å²) in [5, 5.41) is 0. The smallest absolute Gasteiger partial charge is 1.00 e. The third kappa shape index (κ3) is 18.6. The molecule has 0 nitrogen and oxygen atoms in total. The van der Waals surface area contributed by atoms with Gasteiger partial charge in [-0.05, 0) is 0 Å². The van der Waals surface area contributed by atoms with Crippen LogP contribution in [0, 0.1) is 12.2 Å². The zero-order chi connectivity index (χ0) is 16.5. The fraction of sp³-hybridized carbons (Fsp3) is 0.571. The number of hydrogen-bond acceptors (Lipinski definition) is 0. The maximum atomic E-state index is 3.16. The van der Waals surface area contributed by atoms with Crippen LogP contribution in [0.15, 0.2) is 35.5 Å². The molecule has 0 saturated heterocycles. The Balaban J connectivity index is -0.000000283. The Morgan fingerprint density at radius 3 is 1.46 bits per heavy atom. The summed E-state index contributed by atoms with van der Waals surface area (Å²) in [5.41, 5.74) is 2.97. The van der Waals surface area contributed by atoms with Crippen LogP contribution in [0.2, 0.25) is 0 Å². The molecule has 0 bridgehead atoms. The second kappa shape index (κ2) is 23.3. The molecule has 3 heteroatoms. The van der Waals surface area contributed by atoms with Crippen LogP contribution in [0.5, 0.6) is 0 Å². The van der Waals surface area contributed by atoms with Crippen molar-refractivity contribution in [1.82, 2.24) is 0 Å². The van der Waals surface area contributed by atoms with Gasteiger partial charge in [0.25, 0.3) is 0 Å². The van der Waals surface area contributed by atoms with Gasteiger partial charge >= 0.3 is 41.0 Å². The molecule has 0 heterocycles. The topological polar surface area (TPSA) is 0 Å². The minimum absolute atomic E-state index is 0. The Hall–Kier alpha value is 0.280. The third-order valence-electron chi connectivity index (χ3n) is 3.38. The fourth-order valence-electron chi connectivity index (χ4n) is 1.99. The van der Waals surface area contributed by atoms with Gasteiger partial charge in [0.15, 0.2) is 0 Å². The first-order valence-electron chi connectivity index (χ1n) is 8.78. The first-order valence-corrected chi connectivity index (χ1v) is 10.9. The molecule has 2 rings (SSSR count). The summed E-state index contributed by atoms with van der Waals surface area (Å²) in [7, 11) is 0. The van der Waals surface area contributed by atoms with Gasteiger partial charge in [-0.2, -0.15) is 12.2 Å². The summed E-state index contributed by atoms with van der Waals surface area (Å²) >= 11 is 1.26. The molecule has 0 radical (unpaired) electrons. The first kappa shape index (κ1) is 29.1. The van der Waals surface area contributed by atoms with Crippen LogP contribution in [0.25, 0.3) is 0 Å². The molecule has 2 aliphatic carbocycles. The molecule has 0 aromatic heterocycles. The van der Waals surface area contributed by atoms with E-state index in [-0.39, 0.29) is 24.8 Å². The second-order valence-corrected chi connectivity index (χ2v) is 6.95. The van der Waals surface area contributed by atoms with Crippen LogP contribution in [-0.4, -0.2) is 3.76 Å². The van der Waals surface area contributed by atoms with Crippen molar-refractivity contribution in [3.63, 3.8) is 0 Å². The molecule has 0 fully saturated rings. The molecular weight excluding hydrogens is 502 g/mol. The molecule has 24 heavy (non-hydrogen) atoms. The molecular formula is C21H32Cl2Hf-2. The summed E-state index contributed by atoms with van der Waals surface area (Å²) in [6.45, 7) is 6.61. The van der Waals surface area contributed by atoms with Gasteiger partial charge in [0, 0.05) is 0 Å². The third-order valence-corrected chi connectivity index (χ3v) is 4.85. The fourth-order valence-corrected chi connectivity index (χ4v) is 1.99. The largest absolute Gasteiger partial charge is 1.00 e. The molecule has 0 saturated carbocycles. The number of unbranched alkanes of at least 4 members (excludes halogenated alkanes) is 2. The van der Waals surface area contributed by atoms with Crippen LogP contribution in [-0.2, 0) is 23.9 Å². The minimum Gasteiger partial charge on any atom is -1.00 e. The molecule has 0 spiro atoms.